The van der Waals surface area contributed by atoms with Crippen LogP contribution in [0, 0.1) is 6.92 Å². The maximum Gasteiger partial charge on any atom is 0.339 e. The van der Waals surface area contributed by atoms with Gasteiger partial charge in [0.15, 0.2) is 6.10 Å². The van der Waals surface area contributed by atoms with Crippen molar-refractivity contribution in [3.63, 3.8) is 0 Å². The van der Waals surface area contributed by atoms with Gasteiger partial charge in [-0.25, -0.2) is 9.78 Å². The van der Waals surface area contributed by atoms with Gasteiger partial charge in [-0.15, -0.1) is 11.3 Å². The van der Waals surface area contributed by atoms with Crippen LogP contribution in [0.25, 0.3) is 42.8 Å². The highest BCUT2D eigenvalue weighted by Crippen LogP contribution is 2.45. The third kappa shape index (κ3) is 6.96. The van der Waals surface area contributed by atoms with Crippen LogP contribution in [0.15, 0.2) is 48.5 Å². The third-order valence-electron chi connectivity index (χ3n) is 8.69. The van der Waals surface area contributed by atoms with Crippen LogP contribution in [-0.2, 0) is 26.1 Å². The van der Waals surface area contributed by atoms with Gasteiger partial charge in [-0.3, -0.25) is 4.68 Å². The number of fused-ring (bicyclic) bond motifs is 2. The van der Waals surface area contributed by atoms with Crippen LogP contribution >= 0.6 is 22.9 Å². The highest BCUT2D eigenvalue weighted by Gasteiger charge is 2.34. The zero-order valence-electron chi connectivity index (χ0n) is 28.2. The summed E-state index contributed by atoms with van der Waals surface area (Å²) in [4.78, 5) is 21.1. The van der Waals surface area contributed by atoms with Crippen molar-refractivity contribution in [3.05, 3.63) is 70.4 Å². The molecule has 5 aromatic rings. The molecule has 1 saturated heterocycles. The minimum absolute atomic E-state index is 0.260. The Bertz CT molecular complexity index is 1910. The van der Waals surface area contributed by atoms with Crippen molar-refractivity contribution in [2.24, 2.45) is 7.05 Å². The lowest BCUT2D eigenvalue weighted by Gasteiger charge is -2.29. The Labute approximate surface area is 285 Å². The molecule has 2 atom stereocenters. The summed E-state index contributed by atoms with van der Waals surface area (Å²) < 4.78 is 20.3. The van der Waals surface area contributed by atoms with Gasteiger partial charge < -0.3 is 19.1 Å². The van der Waals surface area contributed by atoms with Gasteiger partial charge in [-0.1, -0.05) is 23.7 Å². The number of aromatic nitrogens is 3. The zero-order valence-corrected chi connectivity index (χ0v) is 29.8. The number of benzene rings is 3. The average Bonchev–Trinajstić information content (AvgIpc) is 3.75. The molecule has 248 valence electrons. The van der Waals surface area contributed by atoms with Crippen molar-refractivity contribution in [3.8, 4) is 21.7 Å². The van der Waals surface area contributed by atoms with E-state index in [0.29, 0.717) is 10.9 Å². The first kappa shape index (κ1) is 33.6. The first-order chi connectivity index (χ1) is 22.5. The second-order valence-electron chi connectivity index (χ2n) is 13.2. The van der Waals surface area contributed by atoms with Gasteiger partial charge in [0, 0.05) is 60.3 Å². The Morgan fingerprint density at radius 3 is 2.57 bits per heavy atom. The lowest BCUT2D eigenvalue weighted by Crippen LogP contribution is -2.29. The number of carbonyl (C=O) groups is 1. The summed E-state index contributed by atoms with van der Waals surface area (Å²) in [7, 11) is 3.77. The molecule has 6 rings (SSSR count). The van der Waals surface area contributed by atoms with Gasteiger partial charge in [-0.05, 0) is 95.1 Å². The molecule has 8 nitrogen and oxygen atoms in total. The van der Waals surface area contributed by atoms with E-state index in [0.717, 1.165) is 86.9 Å². The molecule has 3 aromatic carbocycles. The van der Waals surface area contributed by atoms with Gasteiger partial charge in [0.05, 0.1) is 40.2 Å². The van der Waals surface area contributed by atoms with Crippen molar-refractivity contribution in [1.29, 1.82) is 0 Å². The molecule has 1 fully saturated rings. The molecular formula is C37H43ClN4O4S. The van der Waals surface area contributed by atoms with Crippen molar-refractivity contribution >= 4 is 50.0 Å². The standard InChI is InChI=1S/C37H43ClN4O4S/c1-8-45-36(43)33(46-37(3,4)5)30-22(2)19-28-34(31(30)23-9-12-26(38)13-10-23)47-35(39-28)24-11-14-29-27(20-24)32(40-41(29)6)25-15-16-42(21-25)17-18-44-7/h9-14,19-20,25,33H,8,15-18,21H2,1-7H3/t25-,33+/m1/s1. The number of esters is 1. The van der Waals surface area contributed by atoms with E-state index >= 15 is 0 Å². The predicted octanol–water partition coefficient (Wildman–Crippen LogP) is 8.33. The van der Waals surface area contributed by atoms with E-state index < -0.39 is 17.7 Å². The normalized spacial score (nSPS) is 16.4. The predicted molar refractivity (Wildman–Crippen MR) is 190 cm³/mol. The highest BCUT2D eigenvalue weighted by atomic mass is 35.5. The van der Waals surface area contributed by atoms with Gasteiger partial charge in [-0.2, -0.15) is 5.10 Å². The summed E-state index contributed by atoms with van der Waals surface area (Å²) in [6, 6.07) is 16.3. The Morgan fingerprint density at radius 1 is 1.13 bits per heavy atom. The van der Waals surface area contributed by atoms with Crippen LogP contribution in [0.2, 0.25) is 5.02 Å². The number of halogens is 1. The van der Waals surface area contributed by atoms with E-state index in [1.54, 1.807) is 18.4 Å². The second-order valence-corrected chi connectivity index (χ2v) is 14.7. The molecule has 0 bridgehead atoms. The number of carbonyl (C=O) groups excluding carboxylic acids is 1. The first-order valence-corrected chi connectivity index (χ1v) is 17.4. The number of ether oxygens (including phenoxy) is 3. The molecule has 0 aliphatic carbocycles. The molecule has 47 heavy (non-hydrogen) atoms. The molecular weight excluding hydrogens is 632 g/mol. The lowest BCUT2D eigenvalue weighted by molar-refractivity contribution is -0.166. The molecule has 0 unspecified atom stereocenters. The van der Waals surface area contributed by atoms with Crippen molar-refractivity contribution < 1.29 is 19.0 Å². The molecule has 0 saturated carbocycles. The van der Waals surface area contributed by atoms with E-state index in [1.807, 2.05) is 70.6 Å². The van der Waals surface area contributed by atoms with Crippen LogP contribution in [0.3, 0.4) is 0 Å². The van der Waals surface area contributed by atoms with Crippen LogP contribution < -0.4 is 0 Å². The molecule has 3 heterocycles. The fraction of sp³-hybridized carbons (Fsp3) is 0.432. The molecule has 0 radical (unpaired) electrons. The summed E-state index contributed by atoms with van der Waals surface area (Å²) in [6.07, 6.45) is 0.158. The zero-order chi connectivity index (χ0) is 33.5. The summed E-state index contributed by atoms with van der Waals surface area (Å²) >= 11 is 7.95. The van der Waals surface area contributed by atoms with Crippen LogP contribution in [0.1, 0.15) is 63.0 Å². The Balaban J connectivity index is 1.49. The maximum absolute atomic E-state index is 13.5. The topological polar surface area (TPSA) is 78.7 Å². The van der Waals surface area contributed by atoms with Gasteiger partial charge in [0.1, 0.15) is 5.01 Å². The Hall–Kier alpha value is -3.34. The molecule has 10 heteroatoms. The smallest absolute Gasteiger partial charge is 0.339 e. The quantitative estimate of drug-likeness (QED) is 0.138. The second kappa shape index (κ2) is 13.6. The van der Waals surface area contributed by atoms with E-state index in [-0.39, 0.29) is 6.61 Å². The van der Waals surface area contributed by atoms with E-state index in [9.17, 15) is 4.79 Å². The molecule has 0 N–H and O–H groups in total. The van der Waals surface area contributed by atoms with E-state index in [2.05, 4.69) is 29.2 Å². The minimum Gasteiger partial charge on any atom is -0.464 e. The fourth-order valence-electron chi connectivity index (χ4n) is 6.58. The summed E-state index contributed by atoms with van der Waals surface area (Å²) in [6.45, 7) is 13.6. The van der Waals surface area contributed by atoms with Crippen molar-refractivity contribution in [2.75, 3.05) is 40.0 Å². The maximum atomic E-state index is 13.5. The SMILES string of the molecule is CCOC(=O)[C@@H](OC(C)(C)C)c1c(C)cc2nc(-c3ccc4c(c3)c([C@@H]3CCN(CCOC)C3)nn4C)sc2c1-c1ccc(Cl)cc1. The fourth-order valence-corrected chi connectivity index (χ4v) is 7.83. The summed E-state index contributed by atoms with van der Waals surface area (Å²) in [5.41, 5.74) is 7.10. The lowest BCUT2D eigenvalue weighted by atomic mass is 9.91. The van der Waals surface area contributed by atoms with Gasteiger partial charge in [0.2, 0.25) is 0 Å². The first-order valence-electron chi connectivity index (χ1n) is 16.2. The number of rotatable bonds is 10. The largest absolute Gasteiger partial charge is 0.464 e. The van der Waals surface area contributed by atoms with E-state index in [4.69, 9.17) is 35.9 Å². The molecule has 1 aliphatic heterocycles. The number of nitrogens with zero attached hydrogens (tertiary/aromatic N) is 4. The van der Waals surface area contributed by atoms with Crippen LogP contribution in [0.5, 0.6) is 0 Å². The Morgan fingerprint density at radius 2 is 1.87 bits per heavy atom. The van der Waals surface area contributed by atoms with Crippen molar-refractivity contribution in [2.45, 2.75) is 58.7 Å². The monoisotopic (exact) mass is 674 g/mol. The summed E-state index contributed by atoms with van der Waals surface area (Å²) in [5, 5.41) is 7.71. The van der Waals surface area contributed by atoms with Gasteiger partial charge >= 0.3 is 5.97 Å². The molecule has 0 spiro atoms. The third-order valence-corrected chi connectivity index (χ3v) is 10.1. The van der Waals surface area contributed by atoms with Crippen molar-refractivity contribution in [1.82, 2.24) is 19.7 Å². The number of hydrogen-bond donors (Lipinski definition) is 0. The molecule has 1 aliphatic rings. The minimum atomic E-state index is -0.917. The number of likely N-dealkylation sites (tertiary alicyclic amines) is 1. The molecule has 2 aromatic heterocycles. The Kier molecular flexibility index (Phi) is 9.74. The highest BCUT2D eigenvalue weighted by molar-refractivity contribution is 7.22. The van der Waals surface area contributed by atoms with Gasteiger partial charge in [0.25, 0.3) is 0 Å². The van der Waals surface area contributed by atoms with Crippen LogP contribution in [-0.4, -0.2) is 71.2 Å². The number of aryl methyl sites for hydroxylation is 2. The number of thiazole rings is 1. The average molecular weight is 675 g/mol. The van der Waals surface area contributed by atoms with Crippen LogP contribution in [0.4, 0.5) is 0 Å². The summed E-state index contributed by atoms with van der Waals surface area (Å²) in [5.74, 6) is -0.0439. The number of methoxy groups -OCH3 is 1. The number of hydrogen-bond acceptors (Lipinski definition) is 8. The van der Waals surface area contributed by atoms with E-state index in [1.165, 1.54) is 5.39 Å². The molecule has 0 amide bonds.